The first-order valence-corrected chi connectivity index (χ1v) is 5.48. The number of aryl methyl sites for hydroxylation is 1. The number of methoxy groups -OCH3 is 1. The van der Waals surface area contributed by atoms with Crippen molar-refractivity contribution in [1.29, 1.82) is 0 Å². The van der Waals surface area contributed by atoms with Gasteiger partial charge in [0.2, 0.25) is 0 Å². The molecule has 2 rings (SSSR count). The lowest BCUT2D eigenvalue weighted by Crippen LogP contribution is -2.35. The molecule has 1 N–H and O–H groups in total. The topological polar surface area (TPSA) is 21.3 Å². The summed E-state index contributed by atoms with van der Waals surface area (Å²) in [6.45, 7) is 6.63. The highest BCUT2D eigenvalue weighted by Crippen LogP contribution is 2.38. The molecule has 1 heterocycles. The van der Waals surface area contributed by atoms with Gasteiger partial charge in [0.15, 0.2) is 0 Å². The van der Waals surface area contributed by atoms with Gasteiger partial charge >= 0.3 is 0 Å². The molecule has 1 aliphatic rings. The van der Waals surface area contributed by atoms with Gasteiger partial charge in [0.1, 0.15) is 5.75 Å². The molecule has 0 saturated heterocycles. The fourth-order valence-electron chi connectivity index (χ4n) is 2.20. The maximum Gasteiger partial charge on any atom is 0.142 e. The van der Waals surface area contributed by atoms with Gasteiger partial charge < -0.3 is 10.1 Å². The quantitative estimate of drug-likeness (QED) is 0.760. The summed E-state index contributed by atoms with van der Waals surface area (Å²) < 4.78 is 5.40. The molecule has 82 valence electrons. The molecule has 0 saturated carbocycles. The molecular weight excluding hydrogens is 186 g/mol. The number of nitrogens with one attached hydrogen (secondary N) is 1. The van der Waals surface area contributed by atoms with Crippen molar-refractivity contribution in [3.05, 3.63) is 23.3 Å². The Labute approximate surface area is 91.6 Å². The maximum atomic E-state index is 5.40. The van der Waals surface area contributed by atoms with Gasteiger partial charge in [0, 0.05) is 5.54 Å². The van der Waals surface area contributed by atoms with Crippen LogP contribution in [0.15, 0.2) is 12.1 Å². The summed E-state index contributed by atoms with van der Waals surface area (Å²) in [7, 11) is 1.73. The summed E-state index contributed by atoms with van der Waals surface area (Å²) in [5.74, 6) is 0.961. The minimum Gasteiger partial charge on any atom is -0.495 e. The predicted octanol–water partition coefficient (Wildman–Crippen LogP) is 3.14. The molecular formula is C13H19NO. The fourth-order valence-corrected chi connectivity index (χ4v) is 2.20. The van der Waals surface area contributed by atoms with Gasteiger partial charge in [-0.1, -0.05) is 6.07 Å². The Morgan fingerprint density at radius 1 is 1.33 bits per heavy atom. The Morgan fingerprint density at radius 2 is 2.07 bits per heavy atom. The van der Waals surface area contributed by atoms with Crippen molar-refractivity contribution in [2.75, 3.05) is 12.4 Å². The summed E-state index contributed by atoms with van der Waals surface area (Å²) >= 11 is 0. The monoisotopic (exact) mass is 205 g/mol. The van der Waals surface area contributed by atoms with Crippen molar-refractivity contribution in [1.82, 2.24) is 0 Å². The van der Waals surface area contributed by atoms with E-state index in [2.05, 4.69) is 32.2 Å². The van der Waals surface area contributed by atoms with E-state index in [1.54, 1.807) is 7.11 Å². The number of hydrogen-bond acceptors (Lipinski definition) is 2. The van der Waals surface area contributed by atoms with Crippen LogP contribution < -0.4 is 10.1 Å². The zero-order chi connectivity index (χ0) is 11.1. The number of rotatable bonds is 1. The number of hydrogen-bond donors (Lipinski definition) is 1. The minimum atomic E-state index is 0.175. The average molecular weight is 205 g/mol. The van der Waals surface area contributed by atoms with Crippen LogP contribution in [-0.4, -0.2) is 12.6 Å². The van der Waals surface area contributed by atoms with Crippen LogP contribution in [0.5, 0.6) is 5.75 Å². The Morgan fingerprint density at radius 3 is 2.73 bits per heavy atom. The van der Waals surface area contributed by atoms with E-state index in [9.17, 15) is 0 Å². The maximum absolute atomic E-state index is 5.40. The molecule has 15 heavy (non-hydrogen) atoms. The van der Waals surface area contributed by atoms with E-state index < -0.39 is 0 Å². The third-order valence-corrected chi connectivity index (χ3v) is 3.19. The van der Waals surface area contributed by atoms with E-state index in [4.69, 9.17) is 4.74 Å². The van der Waals surface area contributed by atoms with Gasteiger partial charge in [-0.3, -0.25) is 0 Å². The van der Waals surface area contributed by atoms with Crippen molar-refractivity contribution < 1.29 is 4.74 Å². The van der Waals surface area contributed by atoms with Crippen molar-refractivity contribution in [2.24, 2.45) is 0 Å². The van der Waals surface area contributed by atoms with Crippen molar-refractivity contribution in [3.63, 3.8) is 0 Å². The Hall–Kier alpha value is -1.18. The molecule has 1 aromatic carbocycles. The van der Waals surface area contributed by atoms with E-state index >= 15 is 0 Å². The fraction of sp³-hybridized carbons (Fsp3) is 0.538. The Kier molecular flexibility index (Phi) is 2.37. The summed E-state index contributed by atoms with van der Waals surface area (Å²) in [5, 5.41) is 3.57. The SMILES string of the molecule is COc1ccc(C)c2c1NC(C)(C)CC2. The largest absolute Gasteiger partial charge is 0.495 e. The molecule has 0 atom stereocenters. The first kappa shape index (κ1) is 10.3. The van der Waals surface area contributed by atoms with E-state index in [-0.39, 0.29) is 5.54 Å². The highest BCUT2D eigenvalue weighted by Gasteiger charge is 2.27. The molecule has 0 amide bonds. The van der Waals surface area contributed by atoms with Gasteiger partial charge in [-0.2, -0.15) is 0 Å². The predicted molar refractivity (Wildman–Crippen MR) is 63.8 cm³/mol. The molecule has 0 bridgehead atoms. The first-order valence-electron chi connectivity index (χ1n) is 5.48. The van der Waals surface area contributed by atoms with E-state index in [1.165, 1.54) is 23.2 Å². The average Bonchev–Trinajstić information content (AvgIpc) is 2.17. The lowest BCUT2D eigenvalue weighted by molar-refractivity contribution is 0.409. The Balaban J connectivity index is 2.51. The highest BCUT2D eigenvalue weighted by molar-refractivity contribution is 5.67. The molecule has 2 nitrogen and oxygen atoms in total. The lowest BCUT2D eigenvalue weighted by Gasteiger charge is -2.35. The van der Waals surface area contributed by atoms with Crippen LogP contribution in [0, 0.1) is 6.92 Å². The highest BCUT2D eigenvalue weighted by atomic mass is 16.5. The van der Waals surface area contributed by atoms with Gasteiger partial charge in [-0.05, 0) is 50.8 Å². The zero-order valence-corrected chi connectivity index (χ0v) is 9.98. The van der Waals surface area contributed by atoms with E-state index in [1.807, 2.05) is 6.07 Å². The van der Waals surface area contributed by atoms with Gasteiger partial charge in [-0.15, -0.1) is 0 Å². The molecule has 1 aromatic rings. The minimum absolute atomic E-state index is 0.175. The zero-order valence-electron chi connectivity index (χ0n) is 9.98. The van der Waals surface area contributed by atoms with Crippen LogP contribution in [0.2, 0.25) is 0 Å². The standard InChI is InChI=1S/C13H19NO/c1-9-5-6-11(15-4)12-10(9)7-8-13(2,3)14-12/h5-6,14H,7-8H2,1-4H3. The van der Waals surface area contributed by atoms with Crippen LogP contribution in [0.3, 0.4) is 0 Å². The first-order chi connectivity index (χ1) is 7.03. The molecule has 0 unspecified atom stereocenters. The number of fused-ring (bicyclic) bond motifs is 1. The second-order valence-corrected chi connectivity index (χ2v) is 4.95. The third-order valence-electron chi connectivity index (χ3n) is 3.19. The number of benzene rings is 1. The molecule has 2 heteroatoms. The molecule has 0 aliphatic carbocycles. The second-order valence-electron chi connectivity index (χ2n) is 4.95. The number of anilines is 1. The van der Waals surface area contributed by atoms with E-state index in [0.717, 1.165) is 12.2 Å². The van der Waals surface area contributed by atoms with Crippen LogP contribution in [0.25, 0.3) is 0 Å². The van der Waals surface area contributed by atoms with Crippen molar-refractivity contribution in [3.8, 4) is 5.75 Å². The van der Waals surface area contributed by atoms with Gasteiger partial charge in [-0.25, -0.2) is 0 Å². The Bertz CT molecular complexity index is 382. The van der Waals surface area contributed by atoms with Crippen LogP contribution in [0.1, 0.15) is 31.4 Å². The third kappa shape index (κ3) is 1.81. The smallest absolute Gasteiger partial charge is 0.142 e. The van der Waals surface area contributed by atoms with Gasteiger partial charge in [0.25, 0.3) is 0 Å². The van der Waals surface area contributed by atoms with Crippen LogP contribution in [0.4, 0.5) is 5.69 Å². The second kappa shape index (κ2) is 3.44. The van der Waals surface area contributed by atoms with Crippen molar-refractivity contribution >= 4 is 5.69 Å². The normalized spacial score (nSPS) is 17.9. The summed E-state index contributed by atoms with van der Waals surface area (Å²) in [6.07, 6.45) is 2.31. The molecule has 0 radical (unpaired) electrons. The van der Waals surface area contributed by atoms with Gasteiger partial charge in [0.05, 0.1) is 12.8 Å². The number of ether oxygens (including phenoxy) is 1. The lowest BCUT2D eigenvalue weighted by atomic mass is 9.87. The molecule has 0 fully saturated rings. The molecule has 1 aliphatic heterocycles. The summed E-state index contributed by atoms with van der Waals surface area (Å²) in [5.41, 5.74) is 4.13. The molecule has 0 aromatic heterocycles. The molecule has 0 spiro atoms. The van der Waals surface area contributed by atoms with Crippen LogP contribution >= 0.6 is 0 Å². The van der Waals surface area contributed by atoms with E-state index in [0.29, 0.717) is 0 Å². The van der Waals surface area contributed by atoms with Crippen molar-refractivity contribution in [2.45, 2.75) is 39.2 Å². The van der Waals surface area contributed by atoms with Crippen LogP contribution in [-0.2, 0) is 6.42 Å². The summed E-state index contributed by atoms with van der Waals surface area (Å²) in [6, 6.07) is 4.18. The summed E-state index contributed by atoms with van der Waals surface area (Å²) in [4.78, 5) is 0.